The molecule has 50 valence electrons. The molecule has 1 unspecified atom stereocenters. The lowest BCUT2D eigenvalue weighted by molar-refractivity contribution is 0.895. The summed E-state index contributed by atoms with van der Waals surface area (Å²) < 4.78 is 0. The summed E-state index contributed by atoms with van der Waals surface area (Å²) in [6.07, 6.45) is 2.69. The van der Waals surface area contributed by atoms with Crippen LogP contribution in [0.1, 0.15) is 11.7 Å². The number of hydrogen-bond acceptors (Lipinski definition) is 2. The van der Waals surface area contributed by atoms with Crippen molar-refractivity contribution in [3.63, 3.8) is 0 Å². The molecule has 1 aromatic heterocycles. The highest BCUT2D eigenvalue weighted by Gasteiger charge is 2.06. The van der Waals surface area contributed by atoms with E-state index in [1.54, 1.807) is 24.5 Å². The number of hydrogen-bond donors (Lipinski definition) is 1. The summed E-state index contributed by atoms with van der Waals surface area (Å²) in [5.74, 6) is 0. The zero-order valence-electron chi connectivity index (χ0n) is 5.36. The first kappa shape index (κ1) is 6.72. The fourth-order valence-electron chi connectivity index (χ4n) is 0.625. The second kappa shape index (κ2) is 2.95. The first-order chi connectivity index (χ1) is 4.84. The molecule has 0 radical (unpaired) electrons. The smallest absolute Gasteiger partial charge is 0.291 e. The van der Waals surface area contributed by atoms with Crippen molar-refractivity contribution in [2.45, 2.75) is 6.17 Å². The number of pyridine rings is 1. The second-order valence-corrected chi connectivity index (χ2v) is 1.86. The topological polar surface area (TPSA) is 43.3 Å². The molecule has 0 saturated carbocycles. The molecule has 1 aromatic rings. The predicted molar refractivity (Wildman–Crippen MR) is 37.8 cm³/mol. The van der Waals surface area contributed by atoms with Gasteiger partial charge in [-0.15, -0.1) is 0 Å². The first-order valence-electron chi connectivity index (χ1n) is 2.86. The molecular formula is C7H7N3. The van der Waals surface area contributed by atoms with Gasteiger partial charge in [0.2, 0.25) is 0 Å². The Balaban J connectivity index is 2.88. The molecule has 0 saturated heterocycles. The van der Waals surface area contributed by atoms with E-state index in [4.69, 9.17) is 12.3 Å². The van der Waals surface area contributed by atoms with Crippen LogP contribution in [-0.2, 0) is 0 Å². The Bertz CT molecular complexity index is 237. The van der Waals surface area contributed by atoms with Crippen LogP contribution in [0.3, 0.4) is 0 Å². The van der Waals surface area contributed by atoms with E-state index < -0.39 is 6.17 Å². The maximum Gasteiger partial charge on any atom is 0.302 e. The molecule has 0 amide bonds. The van der Waals surface area contributed by atoms with Crippen molar-refractivity contribution >= 4 is 0 Å². The Morgan fingerprint density at radius 1 is 1.70 bits per heavy atom. The van der Waals surface area contributed by atoms with Crippen LogP contribution in [0.5, 0.6) is 0 Å². The van der Waals surface area contributed by atoms with Gasteiger partial charge in [0.1, 0.15) is 0 Å². The van der Waals surface area contributed by atoms with Gasteiger partial charge in [-0.3, -0.25) is 15.6 Å². The summed E-state index contributed by atoms with van der Waals surface area (Å²) in [5.41, 5.74) is 6.16. The zero-order valence-corrected chi connectivity index (χ0v) is 5.36. The highest BCUT2D eigenvalue weighted by Crippen LogP contribution is 2.07. The molecule has 2 N–H and O–H groups in total. The summed E-state index contributed by atoms with van der Waals surface area (Å²) in [7, 11) is 0. The molecule has 3 nitrogen and oxygen atoms in total. The van der Waals surface area contributed by atoms with Crippen LogP contribution in [0.4, 0.5) is 0 Å². The van der Waals surface area contributed by atoms with Crippen molar-refractivity contribution in [2.24, 2.45) is 5.73 Å². The number of rotatable bonds is 1. The third-order valence-electron chi connectivity index (χ3n) is 1.17. The van der Waals surface area contributed by atoms with Crippen molar-refractivity contribution in [1.82, 2.24) is 4.98 Å². The van der Waals surface area contributed by atoms with E-state index in [1.165, 1.54) is 0 Å². The van der Waals surface area contributed by atoms with E-state index in [0.717, 1.165) is 5.56 Å². The van der Waals surface area contributed by atoms with Crippen LogP contribution >= 0.6 is 0 Å². The second-order valence-electron chi connectivity index (χ2n) is 1.86. The average Bonchev–Trinajstić information content (AvgIpc) is 2.05. The maximum absolute atomic E-state index is 6.62. The summed E-state index contributed by atoms with van der Waals surface area (Å²) in [6, 6.07) is 3.55. The van der Waals surface area contributed by atoms with Crippen LogP contribution in [-0.4, -0.2) is 4.98 Å². The Hall–Kier alpha value is -1.40. The van der Waals surface area contributed by atoms with Gasteiger partial charge < -0.3 is 0 Å². The van der Waals surface area contributed by atoms with Gasteiger partial charge in [0.05, 0.1) is 5.56 Å². The Morgan fingerprint density at radius 3 is 3.00 bits per heavy atom. The number of aromatic nitrogens is 1. The van der Waals surface area contributed by atoms with Gasteiger partial charge >= 0.3 is 6.17 Å². The molecule has 10 heavy (non-hydrogen) atoms. The third-order valence-corrected chi connectivity index (χ3v) is 1.17. The SMILES string of the molecule is [C-]#[N+]C(N)c1cccnc1. The van der Waals surface area contributed by atoms with Crippen LogP contribution in [0, 0.1) is 6.57 Å². The highest BCUT2D eigenvalue weighted by molar-refractivity contribution is 5.14. The molecule has 1 heterocycles. The molecule has 1 atom stereocenters. The van der Waals surface area contributed by atoms with Crippen molar-refractivity contribution < 1.29 is 0 Å². The minimum Gasteiger partial charge on any atom is -0.291 e. The Morgan fingerprint density at radius 2 is 2.50 bits per heavy atom. The monoisotopic (exact) mass is 133 g/mol. The maximum atomic E-state index is 6.62. The molecule has 0 aromatic carbocycles. The minimum absolute atomic E-state index is 0.561. The summed E-state index contributed by atoms with van der Waals surface area (Å²) in [4.78, 5) is 6.98. The van der Waals surface area contributed by atoms with Crippen LogP contribution in [0.15, 0.2) is 24.5 Å². The molecular weight excluding hydrogens is 126 g/mol. The first-order valence-corrected chi connectivity index (χ1v) is 2.86. The molecule has 1 rings (SSSR count). The van der Waals surface area contributed by atoms with E-state index in [0.29, 0.717) is 0 Å². The standard InChI is InChI=1S/C7H7N3/c1-9-7(8)6-3-2-4-10-5-6/h2-5,7H,8H2. The van der Waals surface area contributed by atoms with Crippen molar-refractivity contribution in [3.8, 4) is 0 Å². The molecule has 0 aliphatic heterocycles. The van der Waals surface area contributed by atoms with Crippen molar-refractivity contribution in [3.05, 3.63) is 41.5 Å². The molecule has 3 heteroatoms. The Labute approximate surface area is 59.3 Å². The van der Waals surface area contributed by atoms with E-state index >= 15 is 0 Å². The lowest BCUT2D eigenvalue weighted by Gasteiger charge is -1.95. The van der Waals surface area contributed by atoms with Crippen LogP contribution in [0.2, 0.25) is 0 Å². The van der Waals surface area contributed by atoms with E-state index in [2.05, 4.69) is 9.83 Å². The predicted octanol–water partition coefficient (Wildman–Crippen LogP) is 0.958. The summed E-state index contributed by atoms with van der Waals surface area (Å²) in [5, 5.41) is 0. The minimum atomic E-state index is -0.561. The van der Waals surface area contributed by atoms with Gasteiger partial charge in [-0.25, -0.2) is 6.57 Å². The number of nitrogens with zero attached hydrogens (tertiary/aromatic N) is 2. The molecule has 0 aliphatic rings. The van der Waals surface area contributed by atoms with E-state index in [9.17, 15) is 0 Å². The van der Waals surface area contributed by atoms with Gasteiger partial charge in [-0.05, 0) is 12.1 Å². The third kappa shape index (κ3) is 1.30. The van der Waals surface area contributed by atoms with Crippen molar-refractivity contribution in [1.29, 1.82) is 0 Å². The van der Waals surface area contributed by atoms with Gasteiger partial charge in [-0.1, -0.05) is 0 Å². The van der Waals surface area contributed by atoms with Crippen molar-refractivity contribution in [2.75, 3.05) is 0 Å². The fourth-order valence-corrected chi connectivity index (χ4v) is 0.625. The average molecular weight is 133 g/mol. The highest BCUT2D eigenvalue weighted by atomic mass is 14.9. The van der Waals surface area contributed by atoms with Crippen LogP contribution < -0.4 is 5.73 Å². The molecule has 0 bridgehead atoms. The van der Waals surface area contributed by atoms with Gasteiger partial charge in [-0.2, -0.15) is 0 Å². The lowest BCUT2D eigenvalue weighted by atomic mass is 10.2. The summed E-state index contributed by atoms with van der Waals surface area (Å²) >= 11 is 0. The largest absolute Gasteiger partial charge is 0.302 e. The lowest BCUT2D eigenvalue weighted by Crippen LogP contribution is -2.04. The quantitative estimate of drug-likeness (QED) is 0.580. The summed E-state index contributed by atoms with van der Waals surface area (Å²) in [6.45, 7) is 6.62. The molecule has 0 aliphatic carbocycles. The molecule has 0 fully saturated rings. The van der Waals surface area contributed by atoms with E-state index in [-0.39, 0.29) is 0 Å². The van der Waals surface area contributed by atoms with Gasteiger partial charge in [0.15, 0.2) is 0 Å². The molecule has 0 spiro atoms. The normalized spacial score (nSPS) is 12.0. The zero-order chi connectivity index (χ0) is 7.40. The van der Waals surface area contributed by atoms with Crippen LogP contribution in [0.25, 0.3) is 4.85 Å². The Kier molecular flexibility index (Phi) is 1.98. The number of nitrogens with two attached hydrogens (primary N) is 1. The van der Waals surface area contributed by atoms with Gasteiger partial charge in [0.25, 0.3) is 0 Å². The fraction of sp³-hybridized carbons (Fsp3) is 0.143. The van der Waals surface area contributed by atoms with Gasteiger partial charge in [0, 0.05) is 12.4 Å². The van der Waals surface area contributed by atoms with E-state index in [1.807, 2.05) is 0 Å².